The highest BCUT2D eigenvalue weighted by atomic mass is 16.7. The molecule has 0 bridgehead atoms. The summed E-state index contributed by atoms with van der Waals surface area (Å²) in [5.74, 6) is 2.07. The minimum atomic E-state index is -0.539. The number of hydrogen-bond acceptors (Lipinski definition) is 2. The highest BCUT2D eigenvalue weighted by Gasteiger charge is 2.51. The molecule has 0 saturated carbocycles. The lowest BCUT2D eigenvalue weighted by atomic mass is 9.78. The van der Waals surface area contributed by atoms with Crippen LogP contribution in [0.25, 0.3) is 0 Å². The Hall–Kier alpha value is -1.96. The summed E-state index contributed by atoms with van der Waals surface area (Å²) >= 11 is 0. The molecule has 0 N–H and O–H groups in total. The van der Waals surface area contributed by atoms with Crippen LogP contribution in [0.5, 0.6) is 11.5 Å². The maximum absolute atomic E-state index is 6.42. The number of rotatable bonds is 0. The summed E-state index contributed by atoms with van der Waals surface area (Å²) in [6.07, 6.45) is 2.01. The van der Waals surface area contributed by atoms with Crippen molar-refractivity contribution in [1.29, 1.82) is 0 Å². The molecule has 2 aromatic rings. The van der Waals surface area contributed by atoms with Crippen molar-refractivity contribution in [3.05, 3.63) is 59.7 Å². The van der Waals surface area contributed by atoms with Crippen LogP contribution in [-0.4, -0.2) is 5.79 Å². The van der Waals surface area contributed by atoms with Crippen LogP contribution >= 0.6 is 0 Å². The lowest BCUT2D eigenvalue weighted by Gasteiger charge is -2.49. The molecule has 2 heterocycles. The lowest BCUT2D eigenvalue weighted by molar-refractivity contribution is -0.202. The normalized spacial score (nSPS) is 25.4. The molecule has 1 spiro atoms. The summed E-state index contributed by atoms with van der Waals surface area (Å²) in [4.78, 5) is 0. The van der Waals surface area contributed by atoms with Gasteiger partial charge in [0.2, 0.25) is 0 Å². The average Bonchev–Trinajstić information content (AvgIpc) is 2.49. The summed E-state index contributed by atoms with van der Waals surface area (Å²) in [5, 5.41) is 0. The van der Waals surface area contributed by atoms with Gasteiger partial charge in [0.05, 0.1) is 0 Å². The number of hydrogen-bond donors (Lipinski definition) is 0. The van der Waals surface area contributed by atoms with E-state index >= 15 is 0 Å². The number of para-hydroxylation sites is 2. The van der Waals surface area contributed by atoms with E-state index in [1.54, 1.807) is 0 Å². The van der Waals surface area contributed by atoms with Gasteiger partial charge in [0.1, 0.15) is 11.5 Å². The third-order valence-electron chi connectivity index (χ3n) is 4.91. The van der Waals surface area contributed by atoms with Crippen LogP contribution in [0.1, 0.15) is 25.0 Å². The van der Waals surface area contributed by atoms with Gasteiger partial charge in [0.25, 0.3) is 5.79 Å². The van der Waals surface area contributed by atoms with Gasteiger partial charge in [-0.2, -0.15) is 0 Å². The van der Waals surface area contributed by atoms with E-state index in [0.717, 1.165) is 24.3 Å². The van der Waals surface area contributed by atoms with E-state index in [4.69, 9.17) is 9.47 Å². The van der Waals surface area contributed by atoms with Crippen LogP contribution in [-0.2, 0) is 12.8 Å². The molecule has 0 saturated heterocycles. The Balaban J connectivity index is 1.78. The second-order valence-electron chi connectivity index (χ2n) is 6.35. The Labute approximate surface area is 125 Å². The van der Waals surface area contributed by atoms with Crippen LogP contribution in [0.15, 0.2) is 48.5 Å². The van der Waals surface area contributed by atoms with Gasteiger partial charge in [-0.1, -0.05) is 50.2 Å². The van der Waals surface area contributed by atoms with Gasteiger partial charge in [-0.05, 0) is 36.1 Å². The van der Waals surface area contributed by atoms with Crippen molar-refractivity contribution in [2.75, 3.05) is 0 Å². The molecule has 0 fully saturated rings. The minimum absolute atomic E-state index is 0.329. The summed E-state index contributed by atoms with van der Waals surface area (Å²) < 4.78 is 12.8. The van der Waals surface area contributed by atoms with Crippen molar-refractivity contribution >= 4 is 0 Å². The highest BCUT2D eigenvalue weighted by molar-refractivity contribution is 5.40. The predicted octanol–water partition coefficient (Wildman–Crippen LogP) is 4.23. The van der Waals surface area contributed by atoms with E-state index in [2.05, 4.69) is 50.2 Å². The van der Waals surface area contributed by atoms with Gasteiger partial charge >= 0.3 is 0 Å². The molecule has 0 radical (unpaired) electrons. The zero-order chi connectivity index (χ0) is 14.4. The fourth-order valence-electron chi connectivity index (χ4n) is 3.74. The Kier molecular flexibility index (Phi) is 2.75. The molecular formula is C19H20O2. The molecule has 0 unspecified atom stereocenters. The fraction of sp³-hybridized carbons (Fsp3) is 0.368. The molecule has 2 heteroatoms. The quantitative estimate of drug-likeness (QED) is 0.719. The SMILES string of the molecule is C[C@@H]1Cc2ccccc2OC12Oc1ccccc1C[C@H]2C. The van der Waals surface area contributed by atoms with E-state index in [-0.39, 0.29) is 0 Å². The molecular weight excluding hydrogens is 260 g/mol. The van der Waals surface area contributed by atoms with E-state index in [9.17, 15) is 0 Å². The van der Waals surface area contributed by atoms with Crippen molar-refractivity contribution in [3.8, 4) is 11.5 Å². The second kappa shape index (κ2) is 4.52. The molecule has 2 atom stereocenters. The standard InChI is InChI=1S/C19H20O2/c1-13-11-15-7-3-5-9-17(15)20-19(13)14(2)12-16-8-4-6-10-18(16)21-19/h3-10,13-14H,11-12H2,1-2H3/t13-,14-,19?/m1/s1. The Morgan fingerprint density at radius 3 is 1.67 bits per heavy atom. The maximum atomic E-state index is 6.42. The summed E-state index contributed by atoms with van der Waals surface area (Å²) in [7, 11) is 0. The second-order valence-corrected chi connectivity index (χ2v) is 6.35. The van der Waals surface area contributed by atoms with Crippen molar-refractivity contribution in [1.82, 2.24) is 0 Å². The third-order valence-corrected chi connectivity index (χ3v) is 4.91. The van der Waals surface area contributed by atoms with Crippen LogP contribution < -0.4 is 9.47 Å². The number of benzene rings is 2. The van der Waals surface area contributed by atoms with Crippen molar-refractivity contribution < 1.29 is 9.47 Å². The Morgan fingerprint density at radius 1 is 0.762 bits per heavy atom. The zero-order valence-corrected chi connectivity index (χ0v) is 12.5. The first-order valence-corrected chi connectivity index (χ1v) is 7.73. The monoisotopic (exact) mass is 280 g/mol. The minimum Gasteiger partial charge on any atom is -0.451 e. The van der Waals surface area contributed by atoms with Crippen molar-refractivity contribution in [3.63, 3.8) is 0 Å². The summed E-state index contributed by atoms with van der Waals surface area (Å²) in [5.41, 5.74) is 2.57. The average molecular weight is 280 g/mol. The lowest BCUT2D eigenvalue weighted by Crippen LogP contribution is -2.58. The van der Waals surface area contributed by atoms with E-state index in [1.807, 2.05) is 12.1 Å². The largest absolute Gasteiger partial charge is 0.451 e. The van der Waals surface area contributed by atoms with E-state index in [1.165, 1.54) is 11.1 Å². The third kappa shape index (κ3) is 1.85. The van der Waals surface area contributed by atoms with Gasteiger partial charge < -0.3 is 9.47 Å². The topological polar surface area (TPSA) is 18.5 Å². The molecule has 2 aromatic carbocycles. The summed E-state index contributed by atoms with van der Waals surface area (Å²) in [6, 6.07) is 16.6. The molecule has 21 heavy (non-hydrogen) atoms. The van der Waals surface area contributed by atoms with Crippen molar-refractivity contribution in [2.24, 2.45) is 11.8 Å². The highest BCUT2D eigenvalue weighted by Crippen LogP contribution is 2.46. The summed E-state index contributed by atoms with van der Waals surface area (Å²) in [6.45, 7) is 4.47. The first kappa shape index (κ1) is 12.8. The van der Waals surface area contributed by atoms with Gasteiger partial charge in [0, 0.05) is 11.8 Å². The van der Waals surface area contributed by atoms with Gasteiger partial charge in [-0.3, -0.25) is 0 Å². The molecule has 2 nitrogen and oxygen atoms in total. The van der Waals surface area contributed by atoms with Crippen LogP contribution in [0, 0.1) is 11.8 Å². The van der Waals surface area contributed by atoms with Crippen molar-refractivity contribution in [2.45, 2.75) is 32.5 Å². The van der Waals surface area contributed by atoms with Crippen LogP contribution in [0.3, 0.4) is 0 Å². The molecule has 2 aliphatic rings. The van der Waals surface area contributed by atoms with Gasteiger partial charge in [-0.25, -0.2) is 0 Å². The van der Waals surface area contributed by atoms with Gasteiger partial charge in [0.15, 0.2) is 0 Å². The first-order chi connectivity index (χ1) is 10.2. The predicted molar refractivity (Wildman–Crippen MR) is 82.6 cm³/mol. The molecule has 0 aromatic heterocycles. The van der Waals surface area contributed by atoms with Crippen LogP contribution in [0.4, 0.5) is 0 Å². The number of fused-ring (bicyclic) bond motifs is 2. The molecule has 2 aliphatic heterocycles. The van der Waals surface area contributed by atoms with Gasteiger partial charge in [-0.15, -0.1) is 0 Å². The maximum Gasteiger partial charge on any atom is 0.256 e. The Morgan fingerprint density at radius 2 is 1.19 bits per heavy atom. The zero-order valence-electron chi connectivity index (χ0n) is 12.5. The number of ether oxygens (including phenoxy) is 2. The van der Waals surface area contributed by atoms with E-state index < -0.39 is 5.79 Å². The molecule has 0 amide bonds. The first-order valence-electron chi connectivity index (χ1n) is 7.73. The van der Waals surface area contributed by atoms with Crippen LogP contribution in [0.2, 0.25) is 0 Å². The molecule has 108 valence electrons. The molecule has 4 rings (SSSR count). The van der Waals surface area contributed by atoms with E-state index in [0.29, 0.717) is 11.8 Å². The fourth-order valence-corrected chi connectivity index (χ4v) is 3.74. The molecule has 0 aliphatic carbocycles. The smallest absolute Gasteiger partial charge is 0.256 e. The Bertz CT molecular complexity index is 617.